The van der Waals surface area contributed by atoms with E-state index >= 15 is 0 Å². The van der Waals surface area contributed by atoms with Crippen molar-refractivity contribution in [2.24, 2.45) is 0 Å². The van der Waals surface area contributed by atoms with Gasteiger partial charge in [-0.05, 0) is 39.5 Å². The molecule has 0 bridgehead atoms. The van der Waals surface area contributed by atoms with Gasteiger partial charge in [0.25, 0.3) is 5.91 Å². The molecule has 4 heterocycles. The van der Waals surface area contributed by atoms with Crippen LogP contribution in [0.25, 0.3) is 5.82 Å². The van der Waals surface area contributed by atoms with E-state index in [1.165, 1.54) is 23.3 Å². The third-order valence-corrected chi connectivity index (χ3v) is 6.70. The molecule has 12 nitrogen and oxygen atoms in total. The Morgan fingerprint density at radius 2 is 1.97 bits per heavy atom. The van der Waals surface area contributed by atoms with Crippen LogP contribution in [0.4, 0.5) is 16.0 Å². The maximum absolute atomic E-state index is 13.2. The number of halogens is 1. The van der Waals surface area contributed by atoms with Gasteiger partial charge in [-0.1, -0.05) is 0 Å². The first kappa shape index (κ1) is 25.4. The van der Waals surface area contributed by atoms with Gasteiger partial charge in [-0.25, -0.2) is 24.0 Å². The van der Waals surface area contributed by atoms with Crippen LogP contribution in [0.15, 0.2) is 36.9 Å². The highest BCUT2D eigenvalue weighted by molar-refractivity contribution is 5.85. The molecule has 198 valence electrons. The summed E-state index contributed by atoms with van der Waals surface area (Å²) in [6, 6.07) is 3.79. The number of H-pyrrole nitrogens is 1. The lowest BCUT2D eigenvalue weighted by molar-refractivity contribution is -0.148. The largest absolute Gasteiger partial charge is 0.368 e. The number of carbonyl (C=O) groups excluding carboxylic acids is 1. The SMILES string of the molecule is CO[C@]1(C(=O)NCc2cnc(-n3cc(F)cn3)cn2)CC[C@H](c2nc(C)cc(Nc3cc(C)[nH]n3)n2)CC1. The number of anilines is 2. The zero-order chi connectivity index (χ0) is 26.7. The highest BCUT2D eigenvalue weighted by Gasteiger charge is 2.43. The molecule has 0 aliphatic heterocycles. The summed E-state index contributed by atoms with van der Waals surface area (Å²) in [5, 5.41) is 17.1. The third-order valence-electron chi connectivity index (χ3n) is 6.70. The molecule has 1 aliphatic carbocycles. The van der Waals surface area contributed by atoms with Crippen LogP contribution in [-0.2, 0) is 16.1 Å². The van der Waals surface area contributed by atoms with Gasteiger partial charge in [-0.15, -0.1) is 0 Å². The Balaban J connectivity index is 1.19. The first-order valence-electron chi connectivity index (χ1n) is 12.3. The first-order chi connectivity index (χ1) is 18.3. The van der Waals surface area contributed by atoms with E-state index in [0.29, 0.717) is 48.8 Å². The van der Waals surface area contributed by atoms with Gasteiger partial charge in [-0.2, -0.15) is 10.2 Å². The van der Waals surface area contributed by atoms with Crippen molar-refractivity contribution in [2.75, 3.05) is 12.4 Å². The normalized spacial score (nSPS) is 19.3. The van der Waals surface area contributed by atoms with E-state index in [1.807, 2.05) is 26.0 Å². The minimum absolute atomic E-state index is 0.109. The molecule has 0 spiro atoms. The number of nitrogens with zero attached hydrogens (tertiary/aromatic N) is 7. The average molecular weight is 521 g/mol. The molecule has 13 heteroatoms. The number of aromatic nitrogens is 8. The van der Waals surface area contributed by atoms with E-state index in [0.717, 1.165) is 23.4 Å². The molecule has 0 unspecified atom stereocenters. The lowest BCUT2D eigenvalue weighted by atomic mass is 9.77. The Labute approximate surface area is 218 Å². The minimum atomic E-state index is -0.937. The predicted octanol–water partition coefficient (Wildman–Crippen LogP) is 3.03. The lowest BCUT2D eigenvalue weighted by Crippen LogP contribution is -2.50. The number of hydrogen-bond donors (Lipinski definition) is 3. The van der Waals surface area contributed by atoms with E-state index in [9.17, 15) is 9.18 Å². The second kappa shape index (κ2) is 10.6. The Kier molecular flexibility index (Phi) is 7.09. The van der Waals surface area contributed by atoms with Crippen molar-refractivity contribution in [3.63, 3.8) is 0 Å². The quantitative estimate of drug-likeness (QED) is 0.319. The monoisotopic (exact) mass is 520 g/mol. The zero-order valence-electron chi connectivity index (χ0n) is 21.4. The number of amides is 1. The molecular formula is C25H29FN10O2. The number of methoxy groups -OCH3 is 1. The standard InChI is InChI=1S/C25H29FN10O2/c1-15-8-20(32-21-9-16(2)34-35-21)33-23(31-15)17-4-6-25(38-3,7-5-17)24(37)29-12-19-11-28-22(13-27-19)36-14-18(26)10-30-36/h8-11,13-14,17H,4-7,12H2,1-3H3,(H,29,37)(H2,31,32,33,34,35)/t17-,25+. The summed E-state index contributed by atoms with van der Waals surface area (Å²) in [6.07, 6.45) is 7.80. The van der Waals surface area contributed by atoms with Crippen molar-refractivity contribution < 1.29 is 13.9 Å². The Hall–Kier alpha value is -4.26. The van der Waals surface area contributed by atoms with Crippen molar-refractivity contribution in [3.05, 3.63) is 65.6 Å². The fraction of sp³-hybridized carbons (Fsp3) is 0.400. The van der Waals surface area contributed by atoms with E-state index in [4.69, 9.17) is 9.72 Å². The molecule has 1 saturated carbocycles. The van der Waals surface area contributed by atoms with Crippen molar-refractivity contribution in [1.29, 1.82) is 0 Å². The van der Waals surface area contributed by atoms with Gasteiger partial charge < -0.3 is 15.4 Å². The number of carbonyl (C=O) groups is 1. The highest BCUT2D eigenvalue weighted by Crippen LogP contribution is 2.39. The Morgan fingerprint density at radius 3 is 2.61 bits per heavy atom. The van der Waals surface area contributed by atoms with Gasteiger partial charge in [-0.3, -0.25) is 14.9 Å². The average Bonchev–Trinajstić information content (AvgIpc) is 3.54. The van der Waals surface area contributed by atoms with E-state index in [-0.39, 0.29) is 18.4 Å². The number of nitrogens with one attached hydrogen (secondary N) is 3. The van der Waals surface area contributed by atoms with Crippen molar-refractivity contribution >= 4 is 17.5 Å². The highest BCUT2D eigenvalue weighted by atomic mass is 19.1. The summed E-state index contributed by atoms with van der Waals surface area (Å²) >= 11 is 0. The summed E-state index contributed by atoms with van der Waals surface area (Å²) in [6.45, 7) is 4.06. The number of aryl methyl sites for hydroxylation is 2. The lowest BCUT2D eigenvalue weighted by Gasteiger charge is -2.37. The van der Waals surface area contributed by atoms with Gasteiger partial charge in [0.15, 0.2) is 17.5 Å². The second-order valence-corrected chi connectivity index (χ2v) is 9.44. The molecule has 1 amide bonds. The van der Waals surface area contributed by atoms with E-state index < -0.39 is 11.4 Å². The number of hydrogen-bond acceptors (Lipinski definition) is 9. The summed E-state index contributed by atoms with van der Waals surface area (Å²) in [4.78, 5) is 31.1. The van der Waals surface area contributed by atoms with Crippen LogP contribution < -0.4 is 10.6 Å². The molecule has 0 atom stereocenters. The molecule has 0 radical (unpaired) electrons. The molecule has 38 heavy (non-hydrogen) atoms. The molecule has 3 N–H and O–H groups in total. The maximum atomic E-state index is 13.2. The number of aromatic amines is 1. The Morgan fingerprint density at radius 1 is 1.16 bits per heavy atom. The summed E-state index contributed by atoms with van der Waals surface area (Å²) in [7, 11) is 1.56. The smallest absolute Gasteiger partial charge is 0.252 e. The maximum Gasteiger partial charge on any atom is 0.252 e. The van der Waals surface area contributed by atoms with Crippen molar-refractivity contribution in [2.45, 2.75) is 57.6 Å². The first-order valence-corrected chi connectivity index (χ1v) is 12.3. The predicted molar refractivity (Wildman–Crippen MR) is 135 cm³/mol. The number of rotatable bonds is 8. The summed E-state index contributed by atoms with van der Waals surface area (Å²) < 4.78 is 20.2. The molecule has 5 rings (SSSR count). The molecule has 0 aromatic carbocycles. The summed E-state index contributed by atoms with van der Waals surface area (Å²) in [5.74, 6) is 1.96. The fourth-order valence-corrected chi connectivity index (χ4v) is 4.63. The Bertz CT molecular complexity index is 1410. The minimum Gasteiger partial charge on any atom is -0.368 e. The van der Waals surface area contributed by atoms with Crippen molar-refractivity contribution in [3.8, 4) is 5.82 Å². The molecule has 1 aliphatic rings. The molecular weight excluding hydrogens is 491 g/mol. The summed E-state index contributed by atoms with van der Waals surface area (Å²) in [5.41, 5.74) is 1.44. The van der Waals surface area contributed by atoms with Crippen LogP contribution in [0.1, 0.15) is 54.5 Å². The van der Waals surface area contributed by atoms with Gasteiger partial charge >= 0.3 is 0 Å². The van der Waals surface area contributed by atoms with E-state index in [1.54, 1.807) is 7.11 Å². The molecule has 1 fully saturated rings. The van der Waals surface area contributed by atoms with Crippen LogP contribution in [0, 0.1) is 19.7 Å². The van der Waals surface area contributed by atoms with E-state index in [2.05, 4.69) is 40.9 Å². The van der Waals surface area contributed by atoms with Gasteiger partial charge in [0.05, 0.1) is 37.0 Å². The van der Waals surface area contributed by atoms with Gasteiger partial charge in [0.2, 0.25) is 0 Å². The van der Waals surface area contributed by atoms with Crippen LogP contribution in [0.2, 0.25) is 0 Å². The zero-order valence-corrected chi connectivity index (χ0v) is 21.4. The van der Waals surface area contributed by atoms with Gasteiger partial charge in [0, 0.05) is 36.5 Å². The third kappa shape index (κ3) is 5.52. The van der Waals surface area contributed by atoms with Crippen LogP contribution in [0.5, 0.6) is 0 Å². The van der Waals surface area contributed by atoms with Crippen LogP contribution >= 0.6 is 0 Å². The molecule has 4 aromatic rings. The molecule has 4 aromatic heterocycles. The van der Waals surface area contributed by atoms with Crippen molar-refractivity contribution in [1.82, 2.24) is 45.2 Å². The van der Waals surface area contributed by atoms with Crippen LogP contribution in [0.3, 0.4) is 0 Å². The van der Waals surface area contributed by atoms with Crippen LogP contribution in [-0.4, -0.2) is 58.5 Å². The van der Waals surface area contributed by atoms with Gasteiger partial charge in [0.1, 0.15) is 17.2 Å². The molecule has 0 saturated heterocycles. The topological polar surface area (TPSA) is 148 Å². The number of ether oxygens (including phenoxy) is 1. The second-order valence-electron chi connectivity index (χ2n) is 9.44. The fourth-order valence-electron chi connectivity index (χ4n) is 4.63.